The monoisotopic (exact) mass is 225 g/mol. The van der Waals surface area contributed by atoms with Crippen molar-refractivity contribution in [3.8, 4) is 0 Å². The third-order valence-electron chi connectivity index (χ3n) is 2.37. The van der Waals surface area contributed by atoms with Crippen molar-refractivity contribution in [2.75, 3.05) is 32.4 Å². The zero-order chi connectivity index (χ0) is 10.5. The van der Waals surface area contributed by atoms with Crippen molar-refractivity contribution in [2.45, 2.75) is 11.7 Å². The Hall–Kier alpha value is -0.720. The van der Waals surface area contributed by atoms with E-state index >= 15 is 0 Å². The average molecular weight is 225 g/mol. The van der Waals surface area contributed by atoms with Gasteiger partial charge in [-0.05, 0) is 6.26 Å². The molecule has 0 radical (unpaired) electrons. The highest BCUT2D eigenvalue weighted by atomic mass is 32.2. The van der Waals surface area contributed by atoms with Crippen LogP contribution in [0.5, 0.6) is 0 Å². The quantitative estimate of drug-likeness (QED) is 0.731. The SMILES string of the molecule is CSc1ncc(CN2CCNCC2)nn1. The minimum absolute atomic E-state index is 0.735. The molecule has 0 aromatic carbocycles. The minimum atomic E-state index is 0.735. The molecule has 1 saturated heterocycles. The van der Waals surface area contributed by atoms with Crippen molar-refractivity contribution in [1.29, 1.82) is 0 Å². The number of rotatable bonds is 3. The zero-order valence-electron chi connectivity index (χ0n) is 8.81. The van der Waals surface area contributed by atoms with Crippen molar-refractivity contribution in [3.05, 3.63) is 11.9 Å². The first kappa shape index (κ1) is 10.8. The van der Waals surface area contributed by atoms with Crippen LogP contribution in [0.4, 0.5) is 0 Å². The van der Waals surface area contributed by atoms with Crippen LogP contribution in [0.25, 0.3) is 0 Å². The molecule has 15 heavy (non-hydrogen) atoms. The van der Waals surface area contributed by atoms with E-state index in [0.717, 1.165) is 43.6 Å². The molecule has 2 rings (SSSR count). The van der Waals surface area contributed by atoms with Gasteiger partial charge in [0.2, 0.25) is 5.16 Å². The van der Waals surface area contributed by atoms with Crippen LogP contribution < -0.4 is 5.32 Å². The predicted octanol–water partition coefficient (Wildman–Crippen LogP) is -0.00130. The van der Waals surface area contributed by atoms with Gasteiger partial charge in [0.15, 0.2) is 0 Å². The molecule has 0 amide bonds. The molecule has 1 N–H and O–H groups in total. The van der Waals surface area contributed by atoms with E-state index in [1.165, 1.54) is 11.8 Å². The van der Waals surface area contributed by atoms with Gasteiger partial charge in [-0.2, -0.15) is 0 Å². The number of nitrogens with one attached hydrogen (secondary N) is 1. The van der Waals surface area contributed by atoms with Gasteiger partial charge in [-0.1, -0.05) is 11.8 Å². The van der Waals surface area contributed by atoms with Crippen LogP contribution in [0.2, 0.25) is 0 Å². The molecule has 0 bridgehead atoms. The first-order valence-corrected chi connectivity index (χ1v) is 6.26. The van der Waals surface area contributed by atoms with Crippen LogP contribution in [0.1, 0.15) is 5.69 Å². The molecule has 0 spiro atoms. The molecule has 0 saturated carbocycles. The van der Waals surface area contributed by atoms with Crippen molar-refractivity contribution in [1.82, 2.24) is 25.4 Å². The third-order valence-corrected chi connectivity index (χ3v) is 2.92. The normalized spacial score (nSPS) is 17.9. The van der Waals surface area contributed by atoms with Crippen molar-refractivity contribution >= 4 is 11.8 Å². The Morgan fingerprint density at radius 1 is 1.40 bits per heavy atom. The van der Waals surface area contributed by atoms with E-state index in [1.54, 1.807) is 0 Å². The van der Waals surface area contributed by atoms with E-state index in [2.05, 4.69) is 25.4 Å². The van der Waals surface area contributed by atoms with Gasteiger partial charge in [0.05, 0.1) is 11.9 Å². The summed E-state index contributed by atoms with van der Waals surface area (Å²) >= 11 is 1.52. The Kier molecular flexibility index (Phi) is 3.87. The van der Waals surface area contributed by atoms with Crippen molar-refractivity contribution in [3.63, 3.8) is 0 Å². The standard InChI is InChI=1S/C9H15N5S/c1-15-9-11-6-8(12-13-9)7-14-4-2-10-3-5-14/h6,10H,2-5,7H2,1H3. The first-order valence-electron chi connectivity index (χ1n) is 5.04. The smallest absolute Gasteiger partial charge is 0.208 e. The summed E-state index contributed by atoms with van der Waals surface area (Å²) in [6.07, 6.45) is 3.77. The molecular weight excluding hydrogens is 210 g/mol. The van der Waals surface area contributed by atoms with Crippen LogP contribution in [-0.2, 0) is 6.54 Å². The van der Waals surface area contributed by atoms with Gasteiger partial charge in [-0.3, -0.25) is 4.90 Å². The summed E-state index contributed by atoms with van der Waals surface area (Å²) in [6.45, 7) is 5.13. The minimum Gasteiger partial charge on any atom is -0.314 e. The van der Waals surface area contributed by atoms with Gasteiger partial charge in [0.1, 0.15) is 0 Å². The number of thioether (sulfide) groups is 1. The molecule has 1 fully saturated rings. The Labute approximate surface area is 93.7 Å². The lowest BCUT2D eigenvalue weighted by molar-refractivity contribution is 0.229. The van der Waals surface area contributed by atoms with Crippen molar-refractivity contribution in [2.24, 2.45) is 0 Å². The van der Waals surface area contributed by atoms with Crippen LogP contribution in [0.3, 0.4) is 0 Å². The van der Waals surface area contributed by atoms with Gasteiger partial charge >= 0.3 is 0 Å². The van der Waals surface area contributed by atoms with Crippen LogP contribution in [-0.4, -0.2) is 52.5 Å². The van der Waals surface area contributed by atoms with E-state index in [0.29, 0.717) is 0 Å². The fraction of sp³-hybridized carbons (Fsp3) is 0.667. The maximum absolute atomic E-state index is 4.21. The average Bonchev–Trinajstić information content (AvgIpc) is 2.31. The van der Waals surface area contributed by atoms with Crippen LogP contribution in [0, 0.1) is 0 Å². The fourth-order valence-electron chi connectivity index (χ4n) is 1.55. The summed E-state index contributed by atoms with van der Waals surface area (Å²) in [6, 6.07) is 0. The highest BCUT2D eigenvalue weighted by molar-refractivity contribution is 7.98. The molecule has 5 nitrogen and oxygen atoms in total. The molecular formula is C9H15N5S. The van der Waals surface area contributed by atoms with Crippen LogP contribution in [0.15, 0.2) is 11.4 Å². The second kappa shape index (κ2) is 5.39. The topological polar surface area (TPSA) is 53.9 Å². The lowest BCUT2D eigenvalue weighted by atomic mass is 10.3. The first-order chi connectivity index (χ1) is 7.38. The summed E-state index contributed by atoms with van der Waals surface area (Å²) in [5.41, 5.74) is 0.953. The molecule has 1 aromatic rings. The number of aromatic nitrogens is 3. The zero-order valence-corrected chi connectivity index (χ0v) is 9.63. The molecule has 82 valence electrons. The largest absolute Gasteiger partial charge is 0.314 e. The number of nitrogens with zero attached hydrogens (tertiary/aromatic N) is 4. The maximum Gasteiger partial charge on any atom is 0.208 e. The predicted molar refractivity (Wildman–Crippen MR) is 59.8 cm³/mol. The van der Waals surface area contributed by atoms with Gasteiger partial charge < -0.3 is 5.32 Å². The lowest BCUT2D eigenvalue weighted by Crippen LogP contribution is -2.43. The van der Waals surface area contributed by atoms with E-state index in [9.17, 15) is 0 Å². The van der Waals surface area contributed by atoms with E-state index in [4.69, 9.17) is 0 Å². The molecule has 1 aromatic heterocycles. The highest BCUT2D eigenvalue weighted by Gasteiger charge is 2.10. The molecule has 0 unspecified atom stereocenters. The lowest BCUT2D eigenvalue weighted by Gasteiger charge is -2.26. The Morgan fingerprint density at radius 2 is 2.20 bits per heavy atom. The van der Waals surface area contributed by atoms with Gasteiger partial charge in [0.25, 0.3) is 0 Å². The second-order valence-electron chi connectivity index (χ2n) is 3.46. The number of piperazine rings is 1. The Balaban J connectivity index is 1.91. The Bertz CT molecular complexity index is 296. The summed E-state index contributed by atoms with van der Waals surface area (Å²) in [4.78, 5) is 6.57. The summed E-state index contributed by atoms with van der Waals surface area (Å²) < 4.78 is 0. The molecule has 1 aliphatic rings. The molecule has 0 atom stereocenters. The molecule has 2 heterocycles. The van der Waals surface area contributed by atoms with E-state index in [1.807, 2.05) is 12.5 Å². The number of hydrogen-bond donors (Lipinski definition) is 1. The second-order valence-corrected chi connectivity index (χ2v) is 4.24. The van der Waals surface area contributed by atoms with E-state index < -0.39 is 0 Å². The van der Waals surface area contributed by atoms with Gasteiger partial charge in [0, 0.05) is 32.7 Å². The van der Waals surface area contributed by atoms with Gasteiger partial charge in [-0.25, -0.2) is 4.98 Å². The number of hydrogen-bond acceptors (Lipinski definition) is 6. The summed E-state index contributed by atoms with van der Waals surface area (Å²) in [7, 11) is 0. The third kappa shape index (κ3) is 3.12. The summed E-state index contributed by atoms with van der Waals surface area (Å²) in [5.74, 6) is 0. The van der Waals surface area contributed by atoms with Gasteiger partial charge in [-0.15, -0.1) is 10.2 Å². The fourth-order valence-corrected chi connectivity index (χ4v) is 1.83. The maximum atomic E-state index is 4.21. The molecule has 6 heteroatoms. The van der Waals surface area contributed by atoms with Crippen molar-refractivity contribution < 1.29 is 0 Å². The summed E-state index contributed by atoms with van der Waals surface area (Å²) in [5, 5.41) is 12.2. The molecule has 0 aliphatic carbocycles. The Morgan fingerprint density at radius 3 is 2.80 bits per heavy atom. The van der Waals surface area contributed by atoms with Crippen LogP contribution >= 0.6 is 11.8 Å². The molecule has 1 aliphatic heterocycles. The highest BCUT2D eigenvalue weighted by Crippen LogP contribution is 2.06. The van der Waals surface area contributed by atoms with E-state index in [-0.39, 0.29) is 0 Å².